The van der Waals surface area contributed by atoms with E-state index in [0.29, 0.717) is 0 Å². The van der Waals surface area contributed by atoms with E-state index >= 15 is 0 Å². The largest absolute Gasteiger partial charge is 0.344 e. The molecule has 0 saturated carbocycles. The van der Waals surface area contributed by atoms with Crippen LogP contribution in [0.25, 0.3) is 17.0 Å². The summed E-state index contributed by atoms with van der Waals surface area (Å²) < 4.78 is 2.08. The lowest BCUT2D eigenvalue weighted by Crippen LogP contribution is -2.12. The van der Waals surface area contributed by atoms with Crippen molar-refractivity contribution < 1.29 is 0 Å². The highest BCUT2D eigenvalue weighted by atomic mass is 16.1. The van der Waals surface area contributed by atoms with Crippen molar-refractivity contribution in [1.82, 2.24) is 4.57 Å². The minimum Gasteiger partial charge on any atom is -0.344 e. The van der Waals surface area contributed by atoms with Crippen LogP contribution in [0, 0.1) is 0 Å². The summed E-state index contributed by atoms with van der Waals surface area (Å²) in [6, 6.07) is 7.65. The Hall–Kier alpha value is -1.90. The van der Waals surface area contributed by atoms with Crippen LogP contribution >= 0.6 is 0 Å². The normalized spacial score (nSPS) is 12.9. The summed E-state index contributed by atoms with van der Waals surface area (Å²) in [5.74, 6) is 0. The molecule has 1 aromatic carbocycles. The van der Waals surface area contributed by atoms with Crippen molar-refractivity contribution in [2.75, 3.05) is 0 Å². The average molecular weight is 261 g/mol. The van der Waals surface area contributed by atoms with Crippen molar-refractivity contribution in [2.24, 2.45) is 7.05 Å². The summed E-state index contributed by atoms with van der Waals surface area (Å²) in [5.41, 5.74) is 5.55. The maximum atomic E-state index is 12.2. The van der Waals surface area contributed by atoms with Crippen molar-refractivity contribution in [3.05, 3.63) is 57.2 Å². The van der Waals surface area contributed by atoms with Crippen LogP contribution in [0.4, 0.5) is 0 Å². The summed E-state index contributed by atoms with van der Waals surface area (Å²) in [4.78, 5) is 12.2. The van der Waals surface area contributed by atoms with E-state index in [1.165, 1.54) is 5.47 Å². The van der Waals surface area contributed by atoms with Gasteiger partial charge in [0.05, 0.1) is 5.52 Å². The molecule has 0 radical (unpaired) electrons. The molecule has 5 heteroatoms. The maximum Gasteiger partial charge on any atom is 0.190 e. The molecule has 0 saturated heterocycles. The molecule has 0 aliphatic carbocycles. The molecule has 0 aliphatic rings. The number of aromatic nitrogens is 1. The lowest BCUT2D eigenvalue weighted by molar-refractivity contribution is 0.936. The zero-order valence-corrected chi connectivity index (χ0v) is 12.8. The smallest absolute Gasteiger partial charge is 0.190 e. The molecule has 0 aliphatic heterocycles. The molecule has 2 aromatic rings. The molecule has 0 amide bonds. The molecule has 0 unspecified atom stereocenters. The van der Waals surface area contributed by atoms with Gasteiger partial charge in [-0.2, -0.15) is 0 Å². The molecule has 20 heavy (non-hydrogen) atoms. The summed E-state index contributed by atoms with van der Waals surface area (Å²) in [5, 5.41) is 0.773. The highest BCUT2D eigenvalue weighted by Crippen LogP contribution is 2.12. The first-order chi connectivity index (χ1) is 9.38. The average Bonchev–Trinajstić information content (AvgIpc) is 2.34. The molecule has 0 spiro atoms. The van der Waals surface area contributed by atoms with Gasteiger partial charge in [-0.1, -0.05) is 30.0 Å². The standard InChI is InChI=1S/C15H18B3NO/c1-9(16)5-11(18)6-12-8-15(20)13-4-3-10(17)7-14(13)19(12)2/h3-8H,16-18H2,1-2H3/b9-5+,11-6+. The molecule has 1 aromatic heterocycles. The maximum absolute atomic E-state index is 12.2. The fraction of sp³-hybridized carbons (Fsp3) is 0.133. The van der Waals surface area contributed by atoms with Crippen LogP contribution in [0.1, 0.15) is 12.6 Å². The molecule has 0 N–H and O–H groups in total. The second-order valence-corrected chi connectivity index (χ2v) is 5.62. The van der Waals surface area contributed by atoms with Crippen LogP contribution in [0.3, 0.4) is 0 Å². The summed E-state index contributed by atoms with van der Waals surface area (Å²) in [6.07, 6.45) is 4.17. The van der Waals surface area contributed by atoms with Gasteiger partial charge in [-0.25, -0.2) is 0 Å². The number of fused-ring (bicyclic) bond motifs is 1. The van der Waals surface area contributed by atoms with Gasteiger partial charge in [0.1, 0.15) is 23.5 Å². The number of pyridine rings is 1. The molecule has 1 heterocycles. The summed E-state index contributed by atoms with van der Waals surface area (Å²) >= 11 is 0. The fourth-order valence-electron chi connectivity index (χ4n) is 2.44. The van der Waals surface area contributed by atoms with Crippen LogP contribution in [0.2, 0.25) is 0 Å². The van der Waals surface area contributed by atoms with E-state index in [1.807, 2.05) is 27.0 Å². The predicted octanol–water partition coefficient (Wildman–Crippen LogP) is -0.692. The van der Waals surface area contributed by atoms with E-state index in [0.717, 1.165) is 27.5 Å². The Labute approximate surface area is 122 Å². The van der Waals surface area contributed by atoms with E-state index in [-0.39, 0.29) is 5.43 Å². The first-order valence-electron chi connectivity index (χ1n) is 6.82. The topological polar surface area (TPSA) is 22.0 Å². The van der Waals surface area contributed by atoms with Crippen LogP contribution in [-0.4, -0.2) is 28.1 Å². The third-order valence-electron chi connectivity index (χ3n) is 3.34. The number of hydrogen-bond donors (Lipinski definition) is 0. The quantitative estimate of drug-likeness (QED) is 0.518. The van der Waals surface area contributed by atoms with Gasteiger partial charge in [0.15, 0.2) is 5.43 Å². The van der Waals surface area contributed by atoms with Gasteiger partial charge in [-0.15, -0.1) is 5.47 Å². The van der Waals surface area contributed by atoms with E-state index in [1.54, 1.807) is 6.07 Å². The predicted molar refractivity (Wildman–Crippen MR) is 96.2 cm³/mol. The lowest BCUT2D eigenvalue weighted by Gasteiger charge is -2.11. The number of benzene rings is 1. The van der Waals surface area contributed by atoms with Crippen molar-refractivity contribution in [3.63, 3.8) is 0 Å². The number of nitrogens with zero attached hydrogens (tertiary/aromatic N) is 1. The first kappa shape index (κ1) is 14.5. The number of rotatable bonds is 2. The molecule has 98 valence electrons. The lowest BCUT2D eigenvalue weighted by atomic mass is 9.87. The van der Waals surface area contributed by atoms with Crippen molar-refractivity contribution in [2.45, 2.75) is 6.92 Å². The number of aryl methyl sites for hydroxylation is 1. The van der Waals surface area contributed by atoms with Crippen molar-refractivity contribution in [1.29, 1.82) is 0 Å². The van der Waals surface area contributed by atoms with Gasteiger partial charge in [0.25, 0.3) is 0 Å². The second kappa shape index (κ2) is 5.62. The molecule has 0 atom stereocenters. The van der Waals surface area contributed by atoms with E-state index in [2.05, 4.69) is 45.4 Å². The molecule has 0 bridgehead atoms. The molecule has 0 fully saturated rings. The third kappa shape index (κ3) is 2.98. The Kier molecular flexibility index (Phi) is 4.08. The van der Waals surface area contributed by atoms with E-state index in [9.17, 15) is 4.79 Å². The monoisotopic (exact) mass is 261 g/mol. The summed E-state index contributed by atoms with van der Waals surface area (Å²) in [6.45, 7) is 2.07. The SMILES string of the molecule is B/C(C)=C/C(B)=C\c1cc(=O)c2ccc(B)cc2n1C. The minimum atomic E-state index is 0.0781. The Bertz CT molecular complexity index is 784. The minimum absolute atomic E-state index is 0.0781. The van der Waals surface area contributed by atoms with Crippen LogP contribution in [0.15, 0.2) is 46.1 Å². The van der Waals surface area contributed by atoms with Gasteiger partial charge in [-0.05, 0) is 18.2 Å². The number of allylic oxidation sites excluding steroid dienone is 3. The Balaban J connectivity index is 2.70. The summed E-state index contributed by atoms with van der Waals surface area (Å²) in [7, 11) is 8.17. The zero-order chi connectivity index (χ0) is 14.9. The van der Waals surface area contributed by atoms with Crippen LogP contribution < -0.4 is 10.9 Å². The van der Waals surface area contributed by atoms with E-state index < -0.39 is 0 Å². The second-order valence-electron chi connectivity index (χ2n) is 5.62. The molecule has 2 rings (SSSR count). The Morgan fingerprint density at radius 1 is 1.25 bits per heavy atom. The van der Waals surface area contributed by atoms with Crippen LogP contribution in [-0.2, 0) is 7.05 Å². The van der Waals surface area contributed by atoms with Gasteiger partial charge in [-0.3, -0.25) is 4.79 Å². The number of hydrogen-bond acceptors (Lipinski definition) is 1. The van der Waals surface area contributed by atoms with Crippen molar-refractivity contribution >= 4 is 46.0 Å². The van der Waals surface area contributed by atoms with Gasteiger partial charge in [0, 0.05) is 24.2 Å². The molecule has 2 nitrogen and oxygen atoms in total. The van der Waals surface area contributed by atoms with Gasteiger partial charge < -0.3 is 4.57 Å². The highest BCUT2D eigenvalue weighted by molar-refractivity contribution is 6.33. The Morgan fingerprint density at radius 2 is 1.95 bits per heavy atom. The molecular formula is C15H18B3NO. The van der Waals surface area contributed by atoms with E-state index in [4.69, 9.17) is 0 Å². The zero-order valence-electron chi connectivity index (χ0n) is 12.8. The van der Waals surface area contributed by atoms with Crippen LogP contribution in [0.5, 0.6) is 0 Å². The van der Waals surface area contributed by atoms with Gasteiger partial charge >= 0.3 is 0 Å². The van der Waals surface area contributed by atoms with Gasteiger partial charge in [0.2, 0.25) is 0 Å². The van der Waals surface area contributed by atoms with Crippen molar-refractivity contribution in [3.8, 4) is 0 Å². The first-order valence-corrected chi connectivity index (χ1v) is 6.82. The fourth-order valence-corrected chi connectivity index (χ4v) is 2.44. The third-order valence-corrected chi connectivity index (χ3v) is 3.34. The highest BCUT2D eigenvalue weighted by Gasteiger charge is 2.05. The Morgan fingerprint density at radius 3 is 2.60 bits per heavy atom. The molecular weight excluding hydrogens is 243 g/mol.